The van der Waals surface area contributed by atoms with Gasteiger partial charge in [0.25, 0.3) is 0 Å². The van der Waals surface area contributed by atoms with E-state index in [1.807, 2.05) is 6.92 Å². The van der Waals surface area contributed by atoms with Gasteiger partial charge in [0.15, 0.2) is 0 Å². The minimum Gasteiger partial charge on any atom is -0.384 e. The minimum absolute atomic E-state index is 0.496. The standard InChI is InChI=1S/C16H20N4/c1-11-9-15(17)19-16(18-11)10-20-12(2)7-8-13-5-3-4-6-14(13)20/h3-6,9,12H,7-8,10H2,1-2H3,(H2,17,18,19). The van der Waals surface area contributed by atoms with Crippen molar-refractivity contribution in [2.24, 2.45) is 0 Å². The molecule has 0 saturated carbocycles. The molecule has 1 atom stereocenters. The topological polar surface area (TPSA) is 55.0 Å². The van der Waals surface area contributed by atoms with Crippen LogP contribution in [0.3, 0.4) is 0 Å². The predicted molar refractivity (Wildman–Crippen MR) is 81.6 cm³/mol. The quantitative estimate of drug-likeness (QED) is 0.910. The van der Waals surface area contributed by atoms with Crippen LogP contribution in [-0.4, -0.2) is 16.0 Å². The molecular weight excluding hydrogens is 248 g/mol. The van der Waals surface area contributed by atoms with Gasteiger partial charge in [-0.1, -0.05) is 18.2 Å². The van der Waals surface area contributed by atoms with Crippen LogP contribution in [0.4, 0.5) is 11.5 Å². The summed E-state index contributed by atoms with van der Waals surface area (Å²) in [6.45, 7) is 4.92. The highest BCUT2D eigenvalue weighted by Crippen LogP contribution is 2.31. The Labute approximate surface area is 119 Å². The Hall–Kier alpha value is -2.10. The molecule has 0 bridgehead atoms. The number of aromatic nitrogens is 2. The van der Waals surface area contributed by atoms with Gasteiger partial charge < -0.3 is 10.6 Å². The number of nitrogen functional groups attached to an aromatic ring is 1. The van der Waals surface area contributed by atoms with Crippen molar-refractivity contribution in [1.29, 1.82) is 0 Å². The van der Waals surface area contributed by atoms with E-state index in [1.165, 1.54) is 11.3 Å². The largest absolute Gasteiger partial charge is 0.384 e. The van der Waals surface area contributed by atoms with Crippen molar-refractivity contribution < 1.29 is 0 Å². The number of anilines is 2. The summed E-state index contributed by atoms with van der Waals surface area (Å²) in [5, 5.41) is 0. The van der Waals surface area contributed by atoms with E-state index in [2.05, 4.69) is 46.1 Å². The molecule has 0 aliphatic carbocycles. The summed E-state index contributed by atoms with van der Waals surface area (Å²) in [5.74, 6) is 1.34. The third kappa shape index (κ3) is 2.46. The predicted octanol–water partition coefficient (Wildman–Crippen LogP) is 2.71. The molecule has 1 aliphatic rings. The Bertz CT molecular complexity index is 603. The number of para-hydroxylation sites is 1. The molecular formula is C16H20N4. The first-order valence-corrected chi connectivity index (χ1v) is 7.08. The SMILES string of the molecule is Cc1cc(N)nc(CN2c3ccccc3CCC2C)n1. The molecule has 1 aromatic heterocycles. The van der Waals surface area contributed by atoms with Crippen LogP contribution >= 0.6 is 0 Å². The maximum absolute atomic E-state index is 5.82. The first-order chi connectivity index (χ1) is 9.63. The van der Waals surface area contributed by atoms with E-state index < -0.39 is 0 Å². The number of nitrogens with two attached hydrogens (primary N) is 1. The van der Waals surface area contributed by atoms with Gasteiger partial charge >= 0.3 is 0 Å². The van der Waals surface area contributed by atoms with Crippen LogP contribution in [0.2, 0.25) is 0 Å². The first-order valence-electron chi connectivity index (χ1n) is 7.08. The molecule has 3 rings (SSSR count). The Morgan fingerprint density at radius 3 is 2.90 bits per heavy atom. The lowest BCUT2D eigenvalue weighted by Gasteiger charge is -2.36. The average Bonchev–Trinajstić information content (AvgIpc) is 2.41. The molecule has 2 N–H and O–H groups in total. The van der Waals surface area contributed by atoms with E-state index in [4.69, 9.17) is 5.73 Å². The summed E-state index contributed by atoms with van der Waals surface area (Å²) in [6.07, 6.45) is 2.31. The molecule has 0 amide bonds. The van der Waals surface area contributed by atoms with E-state index >= 15 is 0 Å². The van der Waals surface area contributed by atoms with Crippen LogP contribution in [0, 0.1) is 6.92 Å². The van der Waals surface area contributed by atoms with E-state index in [9.17, 15) is 0 Å². The van der Waals surface area contributed by atoms with Crippen LogP contribution in [0.15, 0.2) is 30.3 Å². The van der Waals surface area contributed by atoms with Crippen molar-refractivity contribution in [2.75, 3.05) is 10.6 Å². The molecule has 104 valence electrons. The summed E-state index contributed by atoms with van der Waals surface area (Å²) in [6, 6.07) is 10.9. The molecule has 4 heteroatoms. The molecule has 1 aromatic carbocycles. The summed E-state index contributed by atoms with van der Waals surface area (Å²) in [7, 11) is 0. The molecule has 1 unspecified atom stereocenters. The Morgan fingerprint density at radius 2 is 2.10 bits per heavy atom. The normalized spacial score (nSPS) is 17.9. The van der Waals surface area contributed by atoms with Crippen LogP contribution in [-0.2, 0) is 13.0 Å². The highest BCUT2D eigenvalue weighted by Gasteiger charge is 2.23. The van der Waals surface area contributed by atoms with Crippen LogP contribution in [0.25, 0.3) is 0 Å². The lowest BCUT2D eigenvalue weighted by molar-refractivity contribution is 0.551. The van der Waals surface area contributed by atoms with Gasteiger partial charge in [0.2, 0.25) is 0 Å². The van der Waals surface area contributed by atoms with E-state index in [0.717, 1.165) is 24.4 Å². The van der Waals surface area contributed by atoms with E-state index in [1.54, 1.807) is 6.07 Å². The van der Waals surface area contributed by atoms with Crippen LogP contribution < -0.4 is 10.6 Å². The molecule has 1 aliphatic heterocycles. The van der Waals surface area contributed by atoms with Crippen molar-refractivity contribution in [3.63, 3.8) is 0 Å². The van der Waals surface area contributed by atoms with Gasteiger partial charge in [0.05, 0.1) is 6.54 Å². The number of hydrogen-bond donors (Lipinski definition) is 1. The molecule has 0 spiro atoms. The zero-order chi connectivity index (χ0) is 14.1. The second-order valence-corrected chi connectivity index (χ2v) is 5.49. The maximum Gasteiger partial charge on any atom is 0.150 e. The van der Waals surface area contributed by atoms with Crippen LogP contribution in [0.1, 0.15) is 30.4 Å². The zero-order valence-electron chi connectivity index (χ0n) is 12.0. The van der Waals surface area contributed by atoms with E-state index in [0.29, 0.717) is 18.4 Å². The zero-order valence-corrected chi connectivity index (χ0v) is 12.0. The first kappa shape index (κ1) is 12.9. The summed E-state index contributed by atoms with van der Waals surface area (Å²) >= 11 is 0. The summed E-state index contributed by atoms with van der Waals surface area (Å²) < 4.78 is 0. The number of aryl methyl sites for hydroxylation is 2. The number of benzene rings is 1. The van der Waals surface area contributed by atoms with Crippen molar-refractivity contribution in [2.45, 2.75) is 39.3 Å². The smallest absolute Gasteiger partial charge is 0.150 e. The van der Waals surface area contributed by atoms with E-state index in [-0.39, 0.29) is 0 Å². The number of hydrogen-bond acceptors (Lipinski definition) is 4. The second kappa shape index (κ2) is 5.12. The highest BCUT2D eigenvalue weighted by molar-refractivity contribution is 5.56. The average molecular weight is 268 g/mol. The van der Waals surface area contributed by atoms with Gasteiger partial charge in [-0.2, -0.15) is 0 Å². The van der Waals surface area contributed by atoms with Crippen molar-refractivity contribution in [3.05, 3.63) is 47.4 Å². The number of fused-ring (bicyclic) bond motifs is 1. The Kier molecular flexibility index (Phi) is 3.30. The fraction of sp³-hybridized carbons (Fsp3) is 0.375. The summed E-state index contributed by atoms with van der Waals surface area (Å²) in [5.41, 5.74) is 9.46. The van der Waals surface area contributed by atoms with Gasteiger partial charge in [-0.3, -0.25) is 0 Å². The molecule has 0 radical (unpaired) electrons. The van der Waals surface area contributed by atoms with Gasteiger partial charge in [-0.25, -0.2) is 9.97 Å². The lowest BCUT2D eigenvalue weighted by Crippen LogP contribution is -2.37. The fourth-order valence-electron chi connectivity index (χ4n) is 2.88. The number of rotatable bonds is 2. The van der Waals surface area contributed by atoms with Crippen molar-refractivity contribution in [1.82, 2.24) is 9.97 Å². The van der Waals surface area contributed by atoms with Crippen molar-refractivity contribution >= 4 is 11.5 Å². The Balaban J connectivity index is 1.93. The molecule has 2 heterocycles. The Morgan fingerprint density at radius 1 is 1.30 bits per heavy atom. The maximum atomic E-state index is 5.82. The van der Waals surface area contributed by atoms with Gasteiger partial charge in [-0.05, 0) is 38.3 Å². The summed E-state index contributed by atoms with van der Waals surface area (Å²) in [4.78, 5) is 11.2. The van der Waals surface area contributed by atoms with Gasteiger partial charge in [-0.15, -0.1) is 0 Å². The molecule has 20 heavy (non-hydrogen) atoms. The molecule has 0 fully saturated rings. The van der Waals surface area contributed by atoms with Gasteiger partial charge in [0.1, 0.15) is 11.6 Å². The second-order valence-electron chi connectivity index (χ2n) is 5.49. The van der Waals surface area contributed by atoms with Crippen LogP contribution in [0.5, 0.6) is 0 Å². The number of nitrogens with zero attached hydrogens (tertiary/aromatic N) is 3. The molecule has 0 saturated heterocycles. The third-order valence-corrected chi connectivity index (χ3v) is 3.90. The van der Waals surface area contributed by atoms with Gasteiger partial charge in [0, 0.05) is 23.5 Å². The third-order valence-electron chi connectivity index (χ3n) is 3.90. The van der Waals surface area contributed by atoms with Crippen molar-refractivity contribution in [3.8, 4) is 0 Å². The fourth-order valence-corrected chi connectivity index (χ4v) is 2.88. The molecule has 4 nitrogen and oxygen atoms in total. The minimum atomic E-state index is 0.496. The molecule has 2 aromatic rings. The lowest BCUT2D eigenvalue weighted by atomic mass is 9.96. The monoisotopic (exact) mass is 268 g/mol. The highest BCUT2D eigenvalue weighted by atomic mass is 15.2.